The van der Waals surface area contributed by atoms with Gasteiger partial charge in [0.25, 0.3) is 0 Å². The second-order valence-electron chi connectivity index (χ2n) is 7.04. The second-order valence-corrected chi connectivity index (χ2v) is 7.04. The molecule has 0 spiro atoms. The Morgan fingerprint density at radius 3 is 2.56 bits per heavy atom. The van der Waals surface area contributed by atoms with E-state index in [2.05, 4.69) is 5.32 Å². The zero-order chi connectivity index (χ0) is 18.6. The van der Waals surface area contributed by atoms with Gasteiger partial charge in [-0.1, -0.05) is 6.07 Å². The first-order chi connectivity index (χ1) is 11.7. The number of nitrogens with one attached hydrogen (secondary N) is 1. The van der Waals surface area contributed by atoms with Crippen LogP contribution in [0.5, 0.6) is 11.5 Å². The van der Waals surface area contributed by atoms with Gasteiger partial charge in [0.15, 0.2) is 11.5 Å². The summed E-state index contributed by atoms with van der Waals surface area (Å²) in [5.74, 6) is 1.24. The minimum Gasteiger partial charge on any atom is -0.493 e. The highest BCUT2D eigenvalue weighted by atomic mass is 16.6. The van der Waals surface area contributed by atoms with E-state index in [0.29, 0.717) is 31.0 Å². The maximum Gasteiger partial charge on any atom is 0.240 e. The Hall–Kier alpha value is -1.83. The van der Waals surface area contributed by atoms with E-state index in [1.807, 2.05) is 39.0 Å². The van der Waals surface area contributed by atoms with Crippen molar-refractivity contribution in [1.82, 2.24) is 10.2 Å². The molecular formula is C18H28N2O5. The highest BCUT2D eigenvalue weighted by molar-refractivity contribution is 5.84. The molecule has 0 saturated carbocycles. The van der Waals surface area contributed by atoms with Gasteiger partial charge in [0, 0.05) is 13.1 Å². The number of ether oxygens (including phenoxy) is 3. The average molecular weight is 352 g/mol. The van der Waals surface area contributed by atoms with Crippen molar-refractivity contribution in [3.8, 4) is 11.5 Å². The van der Waals surface area contributed by atoms with Crippen molar-refractivity contribution in [3.05, 3.63) is 23.8 Å². The summed E-state index contributed by atoms with van der Waals surface area (Å²) in [7, 11) is 3.17. The predicted molar refractivity (Wildman–Crippen MR) is 93.3 cm³/mol. The number of aliphatic hydroxyl groups is 1. The molecule has 1 heterocycles. The molecule has 1 aromatic rings. The third-order valence-corrected chi connectivity index (χ3v) is 3.93. The molecule has 1 aromatic carbocycles. The van der Waals surface area contributed by atoms with Gasteiger partial charge < -0.3 is 24.2 Å². The van der Waals surface area contributed by atoms with Crippen LogP contribution >= 0.6 is 0 Å². The second kappa shape index (κ2) is 8.03. The number of carbonyl (C=O) groups is 1. The topological polar surface area (TPSA) is 80.3 Å². The predicted octanol–water partition coefficient (Wildman–Crippen LogP) is 1.49. The van der Waals surface area contributed by atoms with Crippen molar-refractivity contribution >= 4 is 5.91 Å². The molecule has 140 valence electrons. The van der Waals surface area contributed by atoms with E-state index in [4.69, 9.17) is 14.2 Å². The first-order valence-corrected chi connectivity index (χ1v) is 8.35. The van der Waals surface area contributed by atoms with Crippen molar-refractivity contribution in [1.29, 1.82) is 0 Å². The number of rotatable bonds is 7. The van der Waals surface area contributed by atoms with Gasteiger partial charge in [0.05, 0.1) is 25.9 Å². The average Bonchev–Trinajstić information content (AvgIpc) is 2.86. The standard InChI is InChI=1S/C18H28N2O5/c1-18(2,3)25-17(22)19-13-8-9-20(16(13)21)11-12-6-7-14(23-4)15(10-12)24-5/h6-7,10,13,17,19,22H,8-9,11H2,1-5H3/t13-,17?/m1/s1. The van der Waals surface area contributed by atoms with Crippen LogP contribution in [-0.2, 0) is 16.1 Å². The van der Waals surface area contributed by atoms with E-state index in [9.17, 15) is 9.90 Å². The lowest BCUT2D eigenvalue weighted by Crippen LogP contribution is -2.47. The maximum atomic E-state index is 12.5. The van der Waals surface area contributed by atoms with Crippen LogP contribution < -0.4 is 14.8 Å². The number of benzene rings is 1. The number of carbonyl (C=O) groups excluding carboxylic acids is 1. The molecule has 0 radical (unpaired) electrons. The van der Waals surface area contributed by atoms with Crippen molar-refractivity contribution in [3.63, 3.8) is 0 Å². The first-order valence-electron chi connectivity index (χ1n) is 8.35. The summed E-state index contributed by atoms with van der Waals surface area (Å²) in [4.78, 5) is 14.3. The molecular weight excluding hydrogens is 324 g/mol. The van der Waals surface area contributed by atoms with Crippen molar-refractivity contribution in [2.24, 2.45) is 0 Å². The highest BCUT2D eigenvalue weighted by Crippen LogP contribution is 2.28. The first kappa shape index (κ1) is 19.5. The maximum absolute atomic E-state index is 12.5. The summed E-state index contributed by atoms with van der Waals surface area (Å²) in [5.41, 5.74) is 0.464. The molecule has 0 bridgehead atoms. The summed E-state index contributed by atoms with van der Waals surface area (Å²) in [6.45, 7) is 6.63. The van der Waals surface area contributed by atoms with Gasteiger partial charge in [-0.05, 0) is 44.9 Å². The zero-order valence-electron chi connectivity index (χ0n) is 15.5. The lowest BCUT2D eigenvalue weighted by Gasteiger charge is -2.26. The molecule has 2 rings (SSSR count). The Labute approximate surface area is 148 Å². The monoisotopic (exact) mass is 352 g/mol. The molecule has 7 heteroatoms. The third kappa shape index (κ3) is 5.32. The van der Waals surface area contributed by atoms with Crippen molar-refractivity contribution in [2.45, 2.75) is 51.8 Å². The minimum atomic E-state index is -1.17. The van der Waals surface area contributed by atoms with Crippen LogP contribution in [0.2, 0.25) is 0 Å². The smallest absolute Gasteiger partial charge is 0.240 e. The Bertz CT molecular complexity index is 600. The summed E-state index contributed by atoms with van der Waals surface area (Å²) >= 11 is 0. The van der Waals surface area contributed by atoms with Gasteiger partial charge in [-0.2, -0.15) is 0 Å². The van der Waals surface area contributed by atoms with E-state index in [1.54, 1.807) is 19.1 Å². The van der Waals surface area contributed by atoms with Crippen LogP contribution in [0.25, 0.3) is 0 Å². The molecule has 7 nitrogen and oxygen atoms in total. The lowest BCUT2D eigenvalue weighted by atomic mass is 10.2. The Kier molecular flexibility index (Phi) is 6.26. The van der Waals surface area contributed by atoms with Gasteiger partial charge in [-0.25, -0.2) is 0 Å². The Morgan fingerprint density at radius 2 is 1.96 bits per heavy atom. The van der Waals surface area contributed by atoms with Crippen LogP contribution in [0, 0.1) is 0 Å². The number of methoxy groups -OCH3 is 2. The fourth-order valence-corrected chi connectivity index (χ4v) is 2.79. The van der Waals surface area contributed by atoms with E-state index < -0.39 is 18.1 Å². The Morgan fingerprint density at radius 1 is 1.28 bits per heavy atom. The zero-order valence-corrected chi connectivity index (χ0v) is 15.5. The normalized spacial score (nSPS) is 19.2. The summed E-state index contributed by atoms with van der Waals surface area (Å²) < 4.78 is 15.9. The number of amides is 1. The van der Waals surface area contributed by atoms with Crippen LogP contribution in [0.3, 0.4) is 0 Å². The number of likely N-dealkylation sites (tertiary alicyclic amines) is 1. The molecule has 0 aliphatic carbocycles. The van der Waals surface area contributed by atoms with E-state index in [1.165, 1.54) is 0 Å². The van der Waals surface area contributed by atoms with E-state index >= 15 is 0 Å². The minimum absolute atomic E-state index is 0.0497. The molecule has 1 unspecified atom stereocenters. The van der Waals surface area contributed by atoms with Gasteiger partial charge in [-0.3, -0.25) is 10.1 Å². The largest absolute Gasteiger partial charge is 0.493 e. The number of hydrogen-bond donors (Lipinski definition) is 2. The quantitative estimate of drug-likeness (QED) is 0.724. The molecule has 1 aliphatic heterocycles. The van der Waals surface area contributed by atoms with Crippen molar-refractivity contribution < 1.29 is 24.1 Å². The molecule has 1 saturated heterocycles. The number of hydrogen-bond acceptors (Lipinski definition) is 6. The molecule has 2 atom stereocenters. The van der Waals surface area contributed by atoms with Crippen molar-refractivity contribution in [2.75, 3.05) is 20.8 Å². The summed E-state index contributed by atoms with van der Waals surface area (Å²) in [5, 5.41) is 12.8. The SMILES string of the molecule is COc1ccc(CN2CC[C@@H](NC(O)OC(C)(C)C)C2=O)cc1OC. The molecule has 0 aromatic heterocycles. The fourth-order valence-electron chi connectivity index (χ4n) is 2.79. The summed E-state index contributed by atoms with van der Waals surface area (Å²) in [6, 6.07) is 5.15. The van der Waals surface area contributed by atoms with Crippen LogP contribution in [0.1, 0.15) is 32.8 Å². The number of nitrogens with zero attached hydrogens (tertiary/aromatic N) is 1. The van der Waals surface area contributed by atoms with E-state index in [0.717, 1.165) is 5.56 Å². The van der Waals surface area contributed by atoms with Gasteiger partial charge >= 0.3 is 0 Å². The lowest BCUT2D eigenvalue weighted by molar-refractivity contribution is -0.186. The van der Waals surface area contributed by atoms with Gasteiger partial charge in [0.1, 0.15) is 0 Å². The molecule has 1 aliphatic rings. The highest BCUT2D eigenvalue weighted by Gasteiger charge is 2.33. The molecule has 1 fully saturated rings. The van der Waals surface area contributed by atoms with Crippen LogP contribution in [0.4, 0.5) is 0 Å². The van der Waals surface area contributed by atoms with Crippen LogP contribution in [0.15, 0.2) is 18.2 Å². The summed E-state index contributed by atoms with van der Waals surface area (Å²) in [6.07, 6.45) is -0.550. The Balaban J connectivity index is 1.96. The fraction of sp³-hybridized carbons (Fsp3) is 0.611. The molecule has 2 N–H and O–H groups in total. The molecule has 25 heavy (non-hydrogen) atoms. The van der Waals surface area contributed by atoms with Gasteiger partial charge in [-0.15, -0.1) is 0 Å². The number of aliphatic hydroxyl groups excluding tert-OH is 1. The van der Waals surface area contributed by atoms with E-state index in [-0.39, 0.29) is 5.91 Å². The molecule has 1 amide bonds. The van der Waals surface area contributed by atoms with Gasteiger partial charge in [0.2, 0.25) is 12.3 Å². The third-order valence-electron chi connectivity index (χ3n) is 3.93. The van der Waals surface area contributed by atoms with Crippen LogP contribution in [-0.4, -0.2) is 54.7 Å².